The summed E-state index contributed by atoms with van der Waals surface area (Å²) in [7, 11) is 1.89. The van der Waals surface area contributed by atoms with Crippen LogP contribution in [0.1, 0.15) is 73.7 Å². The number of pyridine rings is 1. The van der Waals surface area contributed by atoms with E-state index in [1.54, 1.807) is 12.5 Å². The van der Waals surface area contributed by atoms with Gasteiger partial charge >= 0.3 is 6.18 Å². The van der Waals surface area contributed by atoms with E-state index in [4.69, 9.17) is 0 Å². The van der Waals surface area contributed by atoms with Gasteiger partial charge in [0.25, 0.3) is 0 Å². The fourth-order valence-corrected chi connectivity index (χ4v) is 6.24. The molecule has 0 bridgehead atoms. The SMILES string of the molecule is C[C@H]1CCCN(Cc2cnc(CNc3cccc(C(c4nncn4C)C4CC(C)(O)C4)c3)c(C(F)(F)F)c2)C1. The maximum absolute atomic E-state index is 14.0. The summed E-state index contributed by atoms with van der Waals surface area (Å²) in [4.78, 5) is 6.47. The van der Waals surface area contributed by atoms with Gasteiger partial charge in [-0.1, -0.05) is 19.1 Å². The minimum absolute atomic E-state index is 0.0245. The molecule has 3 aromatic rings. The Bertz CT molecular complexity index is 1280. The Labute approximate surface area is 227 Å². The molecule has 5 rings (SSSR count). The Morgan fingerprint density at radius 1 is 1.23 bits per heavy atom. The first kappa shape index (κ1) is 27.6. The molecule has 1 saturated heterocycles. The van der Waals surface area contributed by atoms with Crippen molar-refractivity contribution < 1.29 is 18.3 Å². The highest BCUT2D eigenvalue weighted by Gasteiger charge is 2.44. The molecule has 7 nitrogen and oxygen atoms in total. The lowest BCUT2D eigenvalue weighted by molar-refractivity contribution is -0.138. The van der Waals surface area contributed by atoms with E-state index in [-0.39, 0.29) is 24.1 Å². The lowest BCUT2D eigenvalue weighted by Gasteiger charge is -2.44. The lowest BCUT2D eigenvalue weighted by atomic mass is 9.64. The molecule has 1 aromatic carbocycles. The van der Waals surface area contributed by atoms with Crippen molar-refractivity contribution in [2.75, 3.05) is 18.4 Å². The van der Waals surface area contributed by atoms with Crippen LogP contribution in [0, 0.1) is 11.8 Å². The molecule has 1 aliphatic carbocycles. The number of likely N-dealkylation sites (tertiary alicyclic amines) is 1. The third-order valence-corrected chi connectivity index (χ3v) is 8.09. The zero-order valence-electron chi connectivity index (χ0n) is 22.7. The summed E-state index contributed by atoms with van der Waals surface area (Å²) < 4.78 is 44.0. The number of anilines is 1. The fraction of sp³-hybridized carbons (Fsp3) is 0.552. The highest BCUT2D eigenvalue weighted by Crippen LogP contribution is 2.48. The van der Waals surface area contributed by atoms with Gasteiger partial charge in [-0.2, -0.15) is 13.2 Å². The van der Waals surface area contributed by atoms with Crippen LogP contribution in [0.15, 0.2) is 42.9 Å². The van der Waals surface area contributed by atoms with E-state index in [2.05, 4.69) is 32.3 Å². The predicted molar refractivity (Wildman–Crippen MR) is 143 cm³/mol. The maximum atomic E-state index is 14.0. The van der Waals surface area contributed by atoms with Crippen LogP contribution < -0.4 is 5.32 Å². The average Bonchev–Trinajstić information content (AvgIpc) is 3.27. The molecule has 0 spiro atoms. The molecule has 10 heteroatoms. The number of nitrogens with one attached hydrogen (secondary N) is 1. The Hall–Kier alpha value is -2.98. The van der Waals surface area contributed by atoms with Gasteiger partial charge in [0, 0.05) is 37.9 Å². The third-order valence-electron chi connectivity index (χ3n) is 8.09. The zero-order chi connectivity index (χ0) is 27.8. The van der Waals surface area contributed by atoms with Crippen molar-refractivity contribution in [3.8, 4) is 0 Å². The molecule has 0 radical (unpaired) electrons. The fourth-order valence-electron chi connectivity index (χ4n) is 6.24. The van der Waals surface area contributed by atoms with E-state index < -0.39 is 17.3 Å². The quantitative estimate of drug-likeness (QED) is 0.399. The number of rotatable bonds is 8. The Morgan fingerprint density at radius 3 is 2.69 bits per heavy atom. The summed E-state index contributed by atoms with van der Waals surface area (Å²) in [5.41, 5.74) is 0.852. The van der Waals surface area contributed by atoms with Crippen molar-refractivity contribution in [3.63, 3.8) is 0 Å². The number of hydrogen-bond donors (Lipinski definition) is 2. The third kappa shape index (κ3) is 6.44. The largest absolute Gasteiger partial charge is 0.418 e. The van der Waals surface area contributed by atoms with Crippen LogP contribution in [0.3, 0.4) is 0 Å². The first-order valence-electron chi connectivity index (χ1n) is 13.7. The van der Waals surface area contributed by atoms with Crippen molar-refractivity contribution in [2.24, 2.45) is 18.9 Å². The summed E-state index contributed by atoms with van der Waals surface area (Å²) in [6.45, 7) is 6.24. The molecule has 2 N–H and O–H groups in total. The first-order chi connectivity index (χ1) is 18.5. The summed E-state index contributed by atoms with van der Waals surface area (Å²) in [6.07, 6.45) is 2.26. The molecule has 1 aliphatic heterocycles. The molecule has 2 atom stereocenters. The number of halogens is 3. The first-order valence-corrected chi connectivity index (χ1v) is 13.7. The van der Waals surface area contributed by atoms with Crippen molar-refractivity contribution in [2.45, 2.75) is 70.3 Å². The van der Waals surface area contributed by atoms with E-state index in [9.17, 15) is 18.3 Å². The summed E-state index contributed by atoms with van der Waals surface area (Å²) >= 11 is 0. The average molecular weight is 543 g/mol. The zero-order valence-corrected chi connectivity index (χ0v) is 22.7. The van der Waals surface area contributed by atoms with E-state index >= 15 is 0 Å². The molecule has 2 aliphatic rings. The lowest BCUT2D eigenvalue weighted by Crippen LogP contribution is -2.44. The van der Waals surface area contributed by atoms with Gasteiger partial charge in [0.1, 0.15) is 12.2 Å². The highest BCUT2D eigenvalue weighted by atomic mass is 19.4. The molecule has 1 unspecified atom stereocenters. The van der Waals surface area contributed by atoms with Gasteiger partial charge in [0.2, 0.25) is 0 Å². The number of aromatic nitrogens is 4. The van der Waals surface area contributed by atoms with Crippen LogP contribution in [-0.4, -0.2) is 48.4 Å². The molecular weight excluding hydrogens is 505 g/mol. The molecular formula is C29H37F3N6O. The van der Waals surface area contributed by atoms with Gasteiger partial charge in [-0.15, -0.1) is 10.2 Å². The molecule has 3 heterocycles. The normalized spacial score (nSPS) is 24.8. The van der Waals surface area contributed by atoms with Gasteiger partial charge in [-0.25, -0.2) is 0 Å². The van der Waals surface area contributed by atoms with Gasteiger partial charge in [0.05, 0.1) is 23.4 Å². The van der Waals surface area contributed by atoms with Crippen LogP contribution in [0.4, 0.5) is 18.9 Å². The van der Waals surface area contributed by atoms with E-state index in [0.29, 0.717) is 36.6 Å². The number of aliphatic hydroxyl groups is 1. The van der Waals surface area contributed by atoms with E-state index in [1.807, 2.05) is 42.8 Å². The van der Waals surface area contributed by atoms with Crippen LogP contribution in [0.5, 0.6) is 0 Å². The molecule has 0 amide bonds. The van der Waals surface area contributed by atoms with Crippen molar-refractivity contribution >= 4 is 5.69 Å². The van der Waals surface area contributed by atoms with Gasteiger partial charge < -0.3 is 15.0 Å². The smallest absolute Gasteiger partial charge is 0.390 e. The van der Waals surface area contributed by atoms with Crippen molar-refractivity contribution in [1.29, 1.82) is 0 Å². The monoisotopic (exact) mass is 542 g/mol. The van der Waals surface area contributed by atoms with Crippen LogP contribution in [0.25, 0.3) is 0 Å². The standard InChI is InChI=1S/C29H37F3N6O/c1-19-6-5-9-38(16-19)17-20-10-24(29(30,31)32)25(34-14-20)15-33-23-8-4-7-21(11-23)26(22-12-28(2,39)13-22)27-36-35-18-37(27)3/h4,7-8,10-11,14,18-19,22,26,33,39H,5-6,9,12-13,15-17H2,1-3H3/t19-,22?,26?,28?/m0/s1. The topological polar surface area (TPSA) is 79.1 Å². The van der Waals surface area contributed by atoms with E-state index in [1.165, 1.54) is 6.07 Å². The molecule has 39 heavy (non-hydrogen) atoms. The Balaban J connectivity index is 1.34. The minimum atomic E-state index is -4.49. The number of hydrogen-bond acceptors (Lipinski definition) is 6. The number of aryl methyl sites for hydroxylation is 1. The summed E-state index contributed by atoms with van der Waals surface area (Å²) in [5, 5.41) is 21.9. The number of alkyl halides is 3. The molecule has 210 valence electrons. The van der Waals surface area contributed by atoms with Crippen LogP contribution in [-0.2, 0) is 26.3 Å². The predicted octanol–water partition coefficient (Wildman–Crippen LogP) is 5.37. The number of piperidine rings is 1. The highest BCUT2D eigenvalue weighted by molar-refractivity contribution is 5.48. The van der Waals surface area contributed by atoms with Gasteiger partial charge in [-0.3, -0.25) is 9.88 Å². The second-order valence-corrected chi connectivity index (χ2v) is 11.7. The van der Waals surface area contributed by atoms with Crippen LogP contribution >= 0.6 is 0 Å². The maximum Gasteiger partial charge on any atom is 0.418 e. The van der Waals surface area contributed by atoms with Crippen LogP contribution in [0.2, 0.25) is 0 Å². The minimum Gasteiger partial charge on any atom is -0.390 e. The second-order valence-electron chi connectivity index (χ2n) is 11.7. The van der Waals surface area contributed by atoms with Gasteiger partial charge in [0.15, 0.2) is 0 Å². The Morgan fingerprint density at radius 2 is 2.03 bits per heavy atom. The van der Waals surface area contributed by atoms with Crippen molar-refractivity contribution in [1.82, 2.24) is 24.6 Å². The second kappa shape index (κ2) is 10.9. The number of benzene rings is 1. The molecule has 2 fully saturated rings. The van der Waals surface area contributed by atoms with E-state index in [0.717, 1.165) is 37.3 Å². The van der Waals surface area contributed by atoms with Gasteiger partial charge in [-0.05, 0) is 80.3 Å². The molecule has 2 aromatic heterocycles. The summed E-state index contributed by atoms with van der Waals surface area (Å²) in [6, 6.07) is 8.93. The number of nitrogens with zero attached hydrogens (tertiary/aromatic N) is 5. The molecule has 1 saturated carbocycles. The Kier molecular flexibility index (Phi) is 7.70. The van der Waals surface area contributed by atoms with Crippen molar-refractivity contribution in [3.05, 3.63) is 71.1 Å². The summed E-state index contributed by atoms with van der Waals surface area (Å²) in [5.74, 6) is 1.46.